The van der Waals surface area contributed by atoms with E-state index in [0.29, 0.717) is 40.5 Å². The molecule has 4 rings (SSSR count). The number of hydrogen-bond donors (Lipinski definition) is 0. The number of methoxy groups -OCH3 is 5. The lowest BCUT2D eigenvalue weighted by Gasteiger charge is -2.38. The highest BCUT2D eigenvalue weighted by Gasteiger charge is 2.39. The van der Waals surface area contributed by atoms with Crippen molar-refractivity contribution in [1.29, 1.82) is 5.26 Å². The zero-order valence-electron chi connectivity index (χ0n) is 19.8. The average Bonchev–Trinajstić information content (AvgIpc) is 3.34. The molecule has 0 saturated carbocycles. The average molecular weight is 451 g/mol. The Labute approximate surface area is 195 Å². The van der Waals surface area contributed by atoms with Crippen LogP contribution in [-0.4, -0.2) is 53.0 Å². The third kappa shape index (κ3) is 3.91. The second-order valence-electron chi connectivity index (χ2n) is 8.18. The molecule has 7 heteroatoms. The summed E-state index contributed by atoms with van der Waals surface area (Å²) in [6, 6.07) is 12.7. The van der Waals surface area contributed by atoms with E-state index >= 15 is 0 Å². The third-order valence-electron chi connectivity index (χ3n) is 6.67. The first-order valence-corrected chi connectivity index (χ1v) is 11.0. The van der Waals surface area contributed by atoms with Gasteiger partial charge in [0, 0.05) is 24.1 Å². The van der Waals surface area contributed by atoms with Crippen LogP contribution in [0, 0.1) is 11.3 Å². The first kappa shape index (κ1) is 22.7. The Kier molecular flexibility index (Phi) is 6.55. The topological polar surface area (TPSA) is 73.2 Å². The van der Waals surface area contributed by atoms with Crippen LogP contribution >= 0.6 is 0 Å². The number of rotatable bonds is 7. The van der Waals surface area contributed by atoms with Crippen molar-refractivity contribution in [3.05, 3.63) is 47.2 Å². The Morgan fingerprint density at radius 3 is 2.09 bits per heavy atom. The highest BCUT2D eigenvalue weighted by Crippen LogP contribution is 2.50. The summed E-state index contributed by atoms with van der Waals surface area (Å²) in [5.41, 5.74) is 3.63. The predicted octanol–water partition coefficient (Wildman–Crippen LogP) is 4.62. The van der Waals surface area contributed by atoms with Gasteiger partial charge in [0.25, 0.3) is 0 Å². The van der Waals surface area contributed by atoms with Crippen molar-refractivity contribution in [3.63, 3.8) is 0 Å². The maximum Gasteiger partial charge on any atom is 0.203 e. The minimum atomic E-state index is 0.00149. The van der Waals surface area contributed by atoms with Crippen molar-refractivity contribution in [2.45, 2.75) is 31.2 Å². The van der Waals surface area contributed by atoms with Gasteiger partial charge in [-0.3, -0.25) is 0 Å². The fourth-order valence-corrected chi connectivity index (χ4v) is 5.16. The first-order valence-electron chi connectivity index (χ1n) is 11.0. The van der Waals surface area contributed by atoms with E-state index in [0.717, 1.165) is 42.5 Å². The largest absolute Gasteiger partial charge is 0.493 e. The zero-order valence-corrected chi connectivity index (χ0v) is 19.8. The van der Waals surface area contributed by atoms with Gasteiger partial charge in [0.1, 0.15) is 11.8 Å². The number of ether oxygens (including phenoxy) is 5. The summed E-state index contributed by atoms with van der Waals surface area (Å²) in [6.07, 6.45) is 3.07. The van der Waals surface area contributed by atoms with Crippen LogP contribution < -0.4 is 23.7 Å². The van der Waals surface area contributed by atoms with Gasteiger partial charge in [0.2, 0.25) is 5.75 Å². The quantitative estimate of drug-likeness (QED) is 0.610. The van der Waals surface area contributed by atoms with Gasteiger partial charge >= 0.3 is 0 Å². The van der Waals surface area contributed by atoms with Crippen molar-refractivity contribution in [1.82, 2.24) is 4.90 Å². The van der Waals surface area contributed by atoms with Gasteiger partial charge in [0.15, 0.2) is 23.0 Å². The van der Waals surface area contributed by atoms with Crippen LogP contribution in [0.4, 0.5) is 0 Å². The maximum absolute atomic E-state index is 10.3. The lowest BCUT2D eigenvalue weighted by Crippen LogP contribution is -2.35. The van der Waals surface area contributed by atoms with Crippen LogP contribution in [0.25, 0.3) is 5.57 Å². The van der Waals surface area contributed by atoms with Crippen molar-refractivity contribution in [2.24, 2.45) is 0 Å². The molecule has 0 amide bonds. The van der Waals surface area contributed by atoms with Crippen molar-refractivity contribution >= 4 is 5.57 Å². The molecule has 0 N–H and O–H groups in total. The normalized spacial score (nSPS) is 19.6. The van der Waals surface area contributed by atoms with Crippen LogP contribution in [0.15, 0.2) is 36.0 Å². The molecule has 7 nitrogen and oxygen atoms in total. The third-order valence-corrected chi connectivity index (χ3v) is 6.67. The molecule has 0 radical (unpaired) electrons. The number of allylic oxidation sites excluding steroid dienone is 2. The molecule has 0 bridgehead atoms. The summed E-state index contributed by atoms with van der Waals surface area (Å²) in [4.78, 5) is 2.26. The van der Waals surface area contributed by atoms with Gasteiger partial charge in [-0.25, -0.2) is 0 Å². The standard InChI is InChI=1S/C26H30N2O5/c1-29-21-9-8-16(11-22(21)30-2)19-14-18-7-6-10-28(18)20(15-27)25(19)17-12-23(31-3)26(33-5)24(13-17)32-4/h8-9,11-13,18-19H,6-7,10,14H2,1-5H3/t18-,19-/m1/s1. The van der Waals surface area contributed by atoms with E-state index in [2.05, 4.69) is 17.0 Å². The van der Waals surface area contributed by atoms with Crippen LogP contribution in [-0.2, 0) is 0 Å². The molecule has 174 valence electrons. The highest BCUT2D eigenvalue weighted by molar-refractivity contribution is 5.80. The van der Waals surface area contributed by atoms with Gasteiger partial charge in [0.05, 0.1) is 35.5 Å². The molecule has 2 atom stereocenters. The molecule has 33 heavy (non-hydrogen) atoms. The van der Waals surface area contributed by atoms with Crippen molar-refractivity contribution in [2.75, 3.05) is 42.1 Å². The van der Waals surface area contributed by atoms with Gasteiger partial charge < -0.3 is 28.6 Å². The Bertz CT molecular complexity index is 1080. The highest BCUT2D eigenvalue weighted by atomic mass is 16.5. The minimum Gasteiger partial charge on any atom is -0.493 e. The van der Waals surface area contributed by atoms with Crippen LogP contribution in [0.1, 0.15) is 36.3 Å². The molecule has 2 aliphatic heterocycles. The SMILES string of the molecule is COc1ccc([C@H]2C[C@H]3CCCN3C(C#N)=C2c2cc(OC)c(OC)c(OC)c2)cc1OC. The lowest BCUT2D eigenvalue weighted by molar-refractivity contribution is 0.292. The molecule has 2 heterocycles. The summed E-state index contributed by atoms with van der Waals surface area (Å²) in [5.74, 6) is 3.00. The molecule has 0 unspecified atom stereocenters. The second-order valence-corrected chi connectivity index (χ2v) is 8.18. The predicted molar refractivity (Wildman–Crippen MR) is 125 cm³/mol. The van der Waals surface area contributed by atoms with Crippen LogP contribution in [0.2, 0.25) is 0 Å². The van der Waals surface area contributed by atoms with Gasteiger partial charge in [-0.05, 0) is 54.7 Å². The lowest BCUT2D eigenvalue weighted by atomic mass is 9.78. The number of nitriles is 1. The molecular weight excluding hydrogens is 420 g/mol. The minimum absolute atomic E-state index is 0.00149. The van der Waals surface area contributed by atoms with E-state index in [1.807, 2.05) is 24.3 Å². The molecule has 0 spiro atoms. The molecule has 1 saturated heterocycles. The number of benzene rings is 2. The van der Waals surface area contributed by atoms with Gasteiger partial charge in [-0.2, -0.15) is 5.26 Å². The fourth-order valence-electron chi connectivity index (χ4n) is 5.16. The van der Waals surface area contributed by atoms with E-state index in [1.54, 1.807) is 35.5 Å². The number of fused-ring (bicyclic) bond motifs is 1. The first-order chi connectivity index (χ1) is 16.1. The molecule has 2 aromatic rings. The smallest absolute Gasteiger partial charge is 0.203 e. The molecule has 0 aliphatic carbocycles. The Morgan fingerprint density at radius 2 is 1.52 bits per heavy atom. The summed E-state index contributed by atoms with van der Waals surface area (Å²) >= 11 is 0. The Morgan fingerprint density at radius 1 is 0.848 bits per heavy atom. The Balaban J connectivity index is 1.94. The van der Waals surface area contributed by atoms with Crippen molar-refractivity contribution < 1.29 is 23.7 Å². The molecule has 2 aliphatic rings. The monoisotopic (exact) mass is 450 g/mol. The summed E-state index contributed by atoms with van der Waals surface area (Å²) < 4.78 is 27.8. The summed E-state index contributed by atoms with van der Waals surface area (Å²) in [6.45, 7) is 0.889. The Hall–Kier alpha value is -3.53. The van der Waals surface area contributed by atoms with E-state index in [1.165, 1.54) is 0 Å². The van der Waals surface area contributed by atoms with E-state index in [4.69, 9.17) is 23.7 Å². The molecule has 0 aromatic heterocycles. The number of nitrogens with zero attached hydrogens (tertiary/aromatic N) is 2. The van der Waals surface area contributed by atoms with E-state index in [9.17, 15) is 5.26 Å². The van der Waals surface area contributed by atoms with Gasteiger partial charge in [-0.15, -0.1) is 0 Å². The molecule has 2 aromatic carbocycles. The molecule has 1 fully saturated rings. The van der Waals surface area contributed by atoms with Crippen LogP contribution in [0.5, 0.6) is 28.7 Å². The summed E-state index contributed by atoms with van der Waals surface area (Å²) in [7, 11) is 8.05. The van der Waals surface area contributed by atoms with Crippen LogP contribution in [0.3, 0.4) is 0 Å². The van der Waals surface area contributed by atoms with E-state index < -0.39 is 0 Å². The fraction of sp³-hybridized carbons (Fsp3) is 0.423. The van der Waals surface area contributed by atoms with Crippen molar-refractivity contribution in [3.8, 4) is 34.8 Å². The zero-order chi connectivity index (χ0) is 23.5. The number of hydrogen-bond acceptors (Lipinski definition) is 7. The maximum atomic E-state index is 10.3. The van der Waals surface area contributed by atoms with E-state index in [-0.39, 0.29) is 5.92 Å². The molecular formula is C26H30N2O5. The van der Waals surface area contributed by atoms with Gasteiger partial charge in [-0.1, -0.05) is 6.07 Å². The second kappa shape index (κ2) is 9.53. The summed E-state index contributed by atoms with van der Waals surface area (Å²) in [5, 5.41) is 10.3.